The molecule has 0 aromatic heterocycles. The Bertz CT molecular complexity index is 801. The van der Waals surface area contributed by atoms with Gasteiger partial charge in [0, 0.05) is 0 Å². The van der Waals surface area contributed by atoms with E-state index in [9.17, 15) is 19.2 Å². The van der Waals surface area contributed by atoms with Gasteiger partial charge in [0.05, 0.1) is 22.5 Å². The van der Waals surface area contributed by atoms with Gasteiger partial charge in [-0.2, -0.15) is 0 Å². The molecule has 3 amide bonds. The summed E-state index contributed by atoms with van der Waals surface area (Å²) in [6.07, 6.45) is 3.17. The highest BCUT2D eigenvalue weighted by molar-refractivity contribution is 6.33. The van der Waals surface area contributed by atoms with E-state index in [1.807, 2.05) is 6.92 Å². The summed E-state index contributed by atoms with van der Waals surface area (Å²) < 4.78 is 5.02. The Labute approximate surface area is 168 Å². The van der Waals surface area contributed by atoms with E-state index < -0.39 is 24.5 Å². The van der Waals surface area contributed by atoms with Crippen LogP contribution in [0.25, 0.3) is 0 Å². The number of benzene rings is 1. The van der Waals surface area contributed by atoms with Gasteiger partial charge < -0.3 is 10.1 Å². The van der Waals surface area contributed by atoms with Crippen LogP contribution in [-0.2, 0) is 23.9 Å². The van der Waals surface area contributed by atoms with E-state index >= 15 is 0 Å². The third-order valence-corrected chi connectivity index (χ3v) is 5.66. The predicted molar refractivity (Wildman–Crippen MR) is 103 cm³/mol. The summed E-state index contributed by atoms with van der Waals surface area (Å²) in [5, 5.41) is 2.94. The molecule has 0 radical (unpaired) electrons. The number of esters is 1. The maximum absolute atomic E-state index is 12.5. The largest absolute Gasteiger partial charge is 0.454 e. The minimum Gasteiger partial charge on any atom is -0.454 e. The number of halogens is 1. The van der Waals surface area contributed by atoms with Crippen molar-refractivity contribution < 1.29 is 23.9 Å². The average molecular weight is 407 g/mol. The molecular formula is C20H23ClN2O5. The van der Waals surface area contributed by atoms with E-state index in [2.05, 4.69) is 5.32 Å². The Morgan fingerprint density at radius 2 is 1.82 bits per heavy atom. The summed E-state index contributed by atoms with van der Waals surface area (Å²) in [6, 6.07) is 4.10. The molecule has 2 fully saturated rings. The van der Waals surface area contributed by atoms with Crippen LogP contribution in [0.3, 0.4) is 0 Å². The van der Waals surface area contributed by atoms with E-state index in [4.69, 9.17) is 16.3 Å². The van der Waals surface area contributed by atoms with Crippen molar-refractivity contribution in [1.82, 2.24) is 4.90 Å². The first-order valence-electron chi connectivity index (χ1n) is 9.39. The van der Waals surface area contributed by atoms with Gasteiger partial charge in [-0.05, 0) is 44.4 Å². The highest BCUT2D eigenvalue weighted by Crippen LogP contribution is 2.38. The van der Waals surface area contributed by atoms with E-state index in [1.54, 1.807) is 18.2 Å². The molecule has 150 valence electrons. The number of imide groups is 1. The Morgan fingerprint density at radius 3 is 2.39 bits per heavy atom. The lowest BCUT2D eigenvalue weighted by Crippen LogP contribution is -2.45. The lowest BCUT2D eigenvalue weighted by atomic mass is 9.81. The zero-order valence-corrected chi connectivity index (χ0v) is 16.6. The van der Waals surface area contributed by atoms with Crippen LogP contribution in [0.15, 0.2) is 18.2 Å². The van der Waals surface area contributed by atoms with Crippen molar-refractivity contribution in [3.05, 3.63) is 28.8 Å². The molecule has 3 unspecified atom stereocenters. The van der Waals surface area contributed by atoms with Crippen LogP contribution < -0.4 is 5.32 Å². The zero-order chi connectivity index (χ0) is 20.4. The summed E-state index contributed by atoms with van der Waals surface area (Å²) >= 11 is 6.06. The monoisotopic (exact) mass is 406 g/mol. The van der Waals surface area contributed by atoms with Crippen LogP contribution in [0.1, 0.15) is 38.2 Å². The summed E-state index contributed by atoms with van der Waals surface area (Å²) in [5.41, 5.74) is 1.36. The second kappa shape index (κ2) is 8.31. The van der Waals surface area contributed by atoms with Gasteiger partial charge >= 0.3 is 5.97 Å². The van der Waals surface area contributed by atoms with Crippen molar-refractivity contribution in [2.45, 2.75) is 45.6 Å². The number of hydrogen-bond donors (Lipinski definition) is 1. The van der Waals surface area contributed by atoms with E-state index in [-0.39, 0.29) is 23.7 Å². The smallest absolute Gasteiger partial charge is 0.329 e. The van der Waals surface area contributed by atoms with Gasteiger partial charge in [0.15, 0.2) is 6.61 Å². The Balaban J connectivity index is 1.56. The maximum Gasteiger partial charge on any atom is 0.329 e. The average Bonchev–Trinajstić information content (AvgIpc) is 2.92. The van der Waals surface area contributed by atoms with E-state index in [1.165, 1.54) is 6.92 Å². The fourth-order valence-electron chi connectivity index (χ4n) is 3.84. The predicted octanol–water partition coefficient (Wildman–Crippen LogP) is 2.69. The zero-order valence-electron chi connectivity index (χ0n) is 15.9. The topological polar surface area (TPSA) is 92.8 Å². The number of nitrogens with zero attached hydrogens (tertiary/aromatic N) is 1. The number of ether oxygens (including phenoxy) is 1. The number of amides is 3. The third kappa shape index (κ3) is 4.04. The molecule has 3 rings (SSSR count). The van der Waals surface area contributed by atoms with Crippen molar-refractivity contribution in [1.29, 1.82) is 0 Å². The van der Waals surface area contributed by atoms with Crippen LogP contribution >= 0.6 is 11.6 Å². The number of carbonyl (C=O) groups excluding carboxylic acids is 4. The molecule has 0 bridgehead atoms. The molecule has 0 spiro atoms. The van der Waals surface area contributed by atoms with Crippen LogP contribution in [0, 0.1) is 18.8 Å². The lowest BCUT2D eigenvalue weighted by molar-refractivity contribution is -0.159. The molecule has 1 aliphatic carbocycles. The summed E-state index contributed by atoms with van der Waals surface area (Å²) in [6.45, 7) is 2.79. The highest BCUT2D eigenvalue weighted by atomic mass is 35.5. The quantitative estimate of drug-likeness (QED) is 0.599. The maximum atomic E-state index is 12.5. The van der Waals surface area contributed by atoms with Gasteiger partial charge in [0.2, 0.25) is 11.8 Å². The van der Waals surface area contributed by atoms with Crippen LogP contribution in [0.2, 0.25) is 5.02 Å². The second-order valence-corrected chi connectivity index (χ2v) is 7.77. The molecule has 1 N–H and O–H groups in total. The normalized spacial score (nSPS) is 22.6. The molecule has 28 heavy (non-hydrogen) atoms. The van der Waals surface area contributed by atoms with Crippen molar-refractivity contribution in [3.8, 4) is 0 Å². The van der Waals surface area contributed by atoms with Gasteiger partial charge in [-0.1, -0.05) is 30.5 Å². The molecule has 2 aliphatic rings. The number of likely N-dealkylation sites (tertiary alicyclic amines) is 1. The SMILES string of the molecule is Cc1ccc(NC(=O)COC(=O)C(C)N2C(=O)C3CCCCC3C2=O)c(Cl)c1. The first-order valence-corrected chi connectivity index (χ1v) is 9.77. The Hall–Kier alpha value is -2.41. The van der Waals surface area contributed by atoms with Gasteiger partial charge in [-0.3, -0.25) is 19.3 Å². The lowest BCUT2D eigenvalue weighted by Gasteiger charge is -2.21. The van der Waals surface area contributed by atoms with Crippen LogP contribution in [-0.4, -0.2) is 41.2 Å². The van der Waals surface area contributed by atoms with Gasteiger partial charge in [0.1, 0.15) is 6.04 Å². The summed E-state index contributed by atoms with van der Waals surface area (Å²) in [5.74, 6) is -2.62. The standard InChI is InChI=1S/C20H23ClN2O5/c1-11-7-8-16(15(21)9-11)22-17(24)10-28-20(27)12(2)23-18(25)13-5-3-4-6-14(13)19(23)26/h7-9,12-14H,3-6,10H2,1-2H3,(H,22,24). The van der Waals surface area contributed by atoms with Gasteiger partial charge in [0.25, 0.3) is 5.91 Å². The number of fused-ring (bicyclic) bond motifs is 1. The second-order valence-electron chi connectivity index (χ2n) is 7.36. The summed E-state index contributed by atoms with van der Waals surface area (Å²) in [4.78, 5) is 50.5. The number of anilines is 1. The molecule has 8 heteroatoms. The fraction of sp³-hybridized carbons (Fsp3) is 0.500. The Morgan fingerprint density at radius 1 is 1.21 bits per heavy atom. The number of rotatable bonds is 5. The number of nitrogens with one attached hydrogen (secondary N) is 1. The van der Waals surface area contributed by atoms with Crippen LogP contribution in [0.5, 0.6) is 0 Å². The Kier molecular flexibility index (Phi) is 6.03. The van der Waals surface area contributed by atoms with Gasteiger partial charge in [-0.15, -0.1) is 0 Å². The third-order valence-electron chi connectivity index (χ3n) is 5.35. The molecule has 1 aromatic rings. The first-order chi connectivity index (χ1) is 13.3. The van der Waals surface area contributed by atoms with E-state index in [0.717, 1.165) is 23.3 Å². The van der Waals surface area contributed by atoms with Crippen molar-refractivity contribution >= 4 is 41.0 Å². The first kappa shape index (κ1) is 20.3. The van der Waals surface area contributed by atoms with Crippen molar-refractivity contribution in [2.75, 3.05) is 11.9 Å². The van der Waals surface area contributed by atoms with E-state index in [0.29, 0.717) is 23.6 Å². The molecule has 1 aromatic carbocycles. The summed E-state index contributed by atoms with van der Waals surface area (Å²) in [7, 11) is 0. The minimum atomic E-state index is -1.05. The molecule has 1 heterocycles. The molecule has 7 nitrogen and oxygen atoms in total. The van der Waals surface area contributed by atoms with Gasteiger partial charge in [-0.25, -0.2) is 4.79 Å². The number of carbonyl (C=O) groups is 4. The molecule has 3 atom stereocenters. The van der Waals surface area contributed by atoms with Crippen molar-refractivity contribution in [3.63, 3.8) is 0 Å². The fourth-order valence-corrected chi connectivity index (χ4v) is 4.12. The molecule has 1 aliphatic heterocycles. The number of aryl methyl sites for hydroxylation is 1. The van der Waals surface area contributed by atoms with Crippen LogP contribution in [0.4, 0.5) is 5.69 Å². The number of hydrogen-bond acceptors (Lipinski definition) is 5. The highest BCUT2D eigenvalue weighted by Gasteiger charge is 2.51. The minimum absolute atomic E-state index is 0.310. The molecule has 1 saturated carbocycles. The molecular weight excluding hydrogens is 384 g/mol. The molecule has 1 saturated heterocycles. The van der Waals surface area contributed by atoms with Crippen molar-refractivity contribution in [2.24, 2.45) is 11.8 Å².